The quantitative estimate of drug-likeness (QED) is 0.350. The summed E-state index contributed by atoms with van der Waals surface area (Å²) < 4.78 is 9.04. The Labute approximate surface area is 252 Å². The number of piperidine rings is 1. The van der Waals surface area contributed by atoms with Gasteiger partial charge in [-0.15, -0.1) is 0 Å². The zero-order valence-corrected chi connectivity index (χ0v) is 24.4. The Morgan fingerprint density at radius 3 is 2.45 bits per heavy atom. The maximum atomic E-state index is 13.5. The van der Waals surface area contributed by atoms with E-state index in [0.29, 0.717) is 59.3 Å². The van der Waals surface area contributed by atoms with Crippen LogP contribution < -0.4 is 10.9 Å². The molecule has 4 heterocycles. The summed E-state index contributed by atoms with van der Waals surface area (Å²) in [6, 6.07) is 16.6. The number of amides is 1. The summed E-state index contributed by atoms with van der Waals surface area (Å²) in [5, 5.41) is 16.4. The molecule has 7 rings (SSSR count). The molecule has 2 saturated heterocycles. The minimum Gasteiger partial charge on any atom is -0.388 e. The number of nitrogens with zero attached hydrogens (tertiary/aromatic N) is 4. The maximum Gasteiger partial charge on any atom is 0.262 e. The van der Waals surface area contributed by atoms with Crippen molar-refractivity contribution in [1.29, 1.82) is 0 Å². The monoisotopic (exact) mass is 607 g/mol. The first-order valence-electron chi connectivity index (χ1n) is 14.2. The number of nitrogens with one attached hydrogen (secondary N) is 1. The Morgan fingerprint density at radius 2 is 1.76 bits per heavy atom. The number of aromatic nitrogens is 3. The number of likely N-dealkylation sites (tertiary alicyclic amines) is 1. The van der Waals surface area contributed by atoms with Crippen LogP contribution in [0.1, 0.15) is 47.6 Å². The van der Waals surface area contributed by atoms with Gasteiger partial charge in [0.05, 0.1) is 36.8 Å². The van der Waals surface area contributed by atoms with Crippen LogP contribution in [0, 0.1) is 0 Å². The molecule has 42 heavy (non-hydrogen) atoms. The molecule has 9 nitrogen and oxygen atoms in total. The molecule has 1 saturated carbocycles. The summed E-state index contributed by atoms with van der Waals surface area (Å²) >= 11 is 12.6. The van der Waals surface area contributed by atoms with Crippen LogP contribution in [0.15, 0.2) is 65.7 Å². The van der Waals surface area contributed by atoms with E-state index in [2.05, 4.69) is 22.4 Å². The first-order valence-corrected chi connectivity index (χ1v) is 15.0. The molecule has 4 aromatic rings. The van der Waals surface area contributed by atoms with Crippen molar-refractivity contribution in [3.8, 4) is 5.69 Å². The van der Waals surface area contributed by atoms with E-state index in [9.17, 15) is 14.7 Å². The fourth-order valence-corrected chi connectivity index (χ4v) is 6.53. The minimum absolute atomic E-state index is 0.0766. The average Bonchev–Trinajstić information content (AvgIpc) is 3.64. The molecule has 3 fully saturated rings. The van der Waals surface area contributed by atoms with E-state index in [1.54, 1.807) is 39.8 Å². The number of benzene rings is 2. The molecule has 2 N–H and O–H groups in total. The first-order chi connectivity index (χ1) is 20.2. The van der Waals surface area contributed by atoms with E-state index in [1.807, 2.05) is 12.1 Å². The van der Waals surface area contributed by atoms with Crippen LogP contribution in [0.5, 0.6) is 0 Å². The zero-order chi connectivity index (χ0) is 29.1. The Balaban J connectivity index is 1.07. The number of halogens is 2. The van der Waals surface area contributed by atoms with E-state index >= 15 is 0 Å². The zero-order valence-electron chi connectivity index (χ0n) is 22.9. The minimum atomic E-state index is -1.14. The fourth-order valence-electron chi connectivity index (χ4n) is 6.12. The fraction of sp³-hybridized carbons (Fsp3) is 0.387. The number of fused-ring (bicyclic) bond motifs is 1. The van der Waals surface area contributed by atoms with E-state index in [0.717, 1.165) is 30.7 Å². The van der Waals surface area contributed by atoms with Crippen molar-refractivity contribution < 1.29 is 14.6 Å². The molecule has 1 spiro atoms. The van der Waals surface area contributed by atoms with Crippen LogP contribution in [0.2, 0.25) is 10.2 Å². The SMILES string of the molecule is O=C(c1ccc(Cl)cc1)N1CCC(O)(Cn2cnc3c(cc(Cl)n3-c3ccc(C4COCC5(CC5)N4)cc3)c2=O)CC1. The molecule has 218 valence electrons. The molecular formula is C31H31Cl2N5O4. The molecule has 0 bridgehead atoms. The number of rotatable bonds is 5. The van der Waals surface area contributed by atoms with Gasteiger partial charge in [0.1, 0.15) is 11.5 Å². The van der Waals surface area contributed by atoms with Gasteiger partial charge < -0.3 is 20.1 Å². The van der Waals surface area contributed by atoms with Gasteiger partial charge in [-0.25, -0.2) is 4.98 Å². The number of hydrogen-bond donors (Lipinski definition) is 2. The predicted octanol–water partition coefficient (Wildman–Crippen LogP) is 4.35. The first kappa shape index (κ1) is 27.6. The van der Waals surface area contributed by atoms with E-state index in [4.69, 9.17) is 27.9 Å². The number of ether oxygens (including phenoxy) is 1. The number of carbonyl (C=O) groups is 1. The van der Waals surface area contributed by atoms with E-state index < -0.39 is 5.60 Å². The smallest absolute Gasteiger partial charge is 0.262 e. The van der Waals surface area contributed by atoms with Crippen LogP contribution >= 0.6 is 23.2 Å². The van der Waals surface area contributed by atoms with Crippen LogP contribution in [0.25, 0.3) is 16.7 Å². The number of aliphatic hydroxyl groups is 1. The average molecular weight is 609 g/mol. The molecule has 2 aromatic heterocycles. The van der Waals surface area contributed by atoms with Gasteiger partial charge in [0.2, 0.25) is 0 Å². The second kappa shape index (κ2) is 10.5. The lowest BCUT2D eigenvalue weighted by Crippen LogP contribution is -2.49. The number of morpholine rings is 1. The summed E-state index contributed by atoms with van der Waals surface area (Å²) in [6.07, 6.45) is 4.44. The molecule has 3 aliphatic rings. The third kappa shape index (κ3) is 5.14. The summed E-state index contributed by atoms with van der Waals surface area (Å²) in [6.45, 7) is 2.25. The van der Waals surface area contributed by atoms with Gasteiger partial charge in [0.25, 0.3) is 11.5 Å². The summed E-state index contributed by atoms with van der Waals surface area (Å²) in [4.78, 5) is 32.7. The Hall–Kier alpha value is -3.21. The van der Waals surface area contributed by atoms with E-state index in [-0.39, 0.29) is 29.6 Å². The number of hydrogen-bond acceptors (Lipinski definition) is 6. The van der Waals surface area contributed by atoms with Crippen LogP contribution in [0.3, 0.4) is 0 Å². The summed E-state index contributed by atoms with van der Waals surface area (Å²) in [5.41, 5.74) is 1.68. The lowest BCUT2D eigenvalue weighted by atomic mass is 9.91. The van der Waals surface area contributed by atoms with Crippen LogP contribution in [-0.2, 0) is 11.3 Å². The molecule has 1 atom stereocenters. The van der Waals surface area contributed by atoms with Gasteiger partial charge in [-0.05, 0) is 73.7 Å². The lowest BCUT2D eigenvalue weighted by Gasteiger charge is -2.38. The molecule has 0 radical (unpaired) electrons. The molecule has 11 heteroatoms. The highest BCUT2D eigenvalue weighted by Crippen LogP contribution is 2.40. The highest BCUT2D eigenvalue weighted by molar-refractivity contribution is 6.31. The van der Waals surface area contributed by atoms with Gasteiger partial charge in [0, 0.05) is 34.9 Å². The van der Waals surface area contributed by atoms with Crippen molar-refractivity contribution in [3.63, 3.8) is 0 Å². The highest BCUT2D eigenvalue weighted by Gasteiger charge is 2.46. The molecule has 1 unspecified atom stereocenters. The van der Waals surface area contributed by atoms with Gasteiger partial charge in [-0.3, -0.25) is 18.7 Å². The third-order valence-electron chi connectivity index (χ3n) is 8.83. The molecular weight excluding hydrogens is 577 g/mol. The number of carbonyl (C=O) groups excluding carboxylic acids is 1. The standard InChI is InChI=1S/C31H31Cl2N5O4/c32-22-5-1-21(2-6-22)28(39)36-13-11-31(41,12-14-36)17-37-19-34-27-24(29(37)40)15-26(33)38(27)23-7-3-20(4-8-23)25-16-42-18-30(35-25)9-10-30/h1-8,15,19,25,35,41H,9-14,16-18H2. The molecule has 2 aliphatic heterocycles. The van der Waals surface area contributed by atoms with Gasteiger partial charge >= 0.3 is 0 Å². The summed E-state index contributed by atoms with van der Waals surface area (Å²) in [7, 11) is 0. The predicted molar refractivity (Wildman–Crippen MR) is 161 cm³/mol. The van der Waals surface area contributed by atoms with Crippen molar-refractivity contribution in [1.82, 2.24) is 24.3 Å². The van der Waals surface area contributed by atoms with Crippen molar-refractivity contribution in [3.05, 3.63) is 92.6 Å². The largest absolute Gasteiger partial charge is 0.388 e. The van der Waals surface area contributed by atoms with Gasteiger partial charge in [-0.2, -0.15) is 0 Å². The van der Waals surface area contributed by atoms with Crippen LogP contribution in [0.4, 0.5) is 0 Å². The van der Waals surface area contributed by atoms with Crippen molar-refractivity contribution >= 4 is 40.1 Å². The Kier molecular flexibility index (Phi) is 6.90. The van der Waals surface area contributed by atoms with Crippen molar-refractivity contribution in [2.75, 3.05) is 26.3 Å². The Morgan fingerprint density at radius 1 is 1.05 bits per heavy atom. The molecule has 1 amide bonds. The second-order valence-electron chi connectivity index (χ2n) is 11.8. The van der Waals surface area contributed by atoms with Gasteiger partial charge in [-0.1, -0.05) is 35.3 Å². The second-order valence-corrected chi connectivity index (χ2v) is 12.6. The normalized spacial score (nSPS) is 21.1. The van der Waals surface area contributed by atoms with Crippen LogP contribution in [-0.4, -0.2) is 67.5 Å². The van der Waals surface area contributed by atoms with Gasteiger partial charge in [0.15, 0.2) is 5.65 Å². The van der Waals surface area contributed by atoms with Crippen molar-refractivity contribution in [2.24, 2.45) is 0 Å². The van der Waals surface area contributed by atoms with Crippen molar-refractivity contribution in [2.45, 2.75) is 49.4 Å². The molecule has 1 aliphatic carbocycles. The third-order valence-corrected chi connectivity index (χ3v) is 9.36. The highest BCUT2D eigenvalue weighted by atomic mass is 35.5. The molecule has 2 aromatic carbocycles. The summed E-state index contributed by atoms with van der Waals surface area (Å²) in [5.74, 6) is -0.104. The topological polar surface area (TPSA) is 102 Å². The lowest BCUT2D eigenvalue weighted by molar-refractivity contribution is -0.0299. The van der Waals surface area contributed by atoms with E-state index in [1.165, 1.54) is 10.9 Å². The maximum absolute atomic E-state index is 13.5. The Bertz CT molecular complexity index is 1700.